The summed E-state index contributed by atoms with van der Waals surface area (Å²) in [6, 6.07) is -0.0687. The van der Waals surface area contributed by atoms with Gasteiger partial charge in [-0.1, -0.05) is 0 Å². The van der Waals surface area contributed by atoms with Crippen molar-refractivity contribution < 1.29 is 14.3 Å². The first-order chi connectivity index (χ1) is 9.58. The van der Waals surface area contributed by atoms with Gasteiger partial charge in [0.15, 0.2) is 5.69 Å². The molecule has 0 unspecified atom stereocenters. The van der Waals surface area contributed by atoms with Crippen LogP contribution in [0.5, 0.6) is 0 Å². The van der Waals surface area contributed by atoms with Gasteiger partial charge in [0.1, 0.15) is 0 Å². The number of carbonyl (C=O) groups is 2. The summed E-state index contributed by atoms with van der Waals surface area (Å²) in [5.74, 6) is -0.0629. The highest BCUT2D eigenvalue weighted by molar-refractivity contribution is 6.99. The van der Waals surface area contributed by atoms with Crippen LogP contribution in [-0.4, -0.2) is 69.3 Å². The molecule has 20 heavy (non-hydrogen) atoms. The van der Waals surface area contributed by atoms with Gasteiger partial charge in [-0.3, -0.25) is 9.59 Å². The highest BCUT2D eigenvalue weighted by Gasteiger charge is 2.42. The van der Waals surface area contributed by atoms with Crippen LogP contribution in [0.3, 0.4) is 0 Å². The minimum Gasteiger partial charge on any atom is -0.374 e. The van der Waals surface area contributed by atoms with Gasteiger partial charge in [0, 0.05) is 20.1 Å². The molecule has 0 radical (unpaired) electrons. The Kier molecular flexibility index (Phi) is 3.43. The topological polar surface area (TPSA) is 75.6 Å². The first-order valence-corrected chi connectivity index (χ1v) is 7.26. The third-order valence-electron chi connectivity index (χ3n) is 3.92. The van der Waals surface area contributed by atoms with Crippen molar-refractivity contribution in [2.24, 2.45) is 0 Å². The maximum absolute atomic E-state index is 12.4. The number of likely N-dealkylation sites (tertiary alicyclic amines) is 1. The Morgan fingerprint density at radius 1 is 1.40 bits per heavy atom. The van der Waals surface area contributed by atoms with Crippen LogP contribution < -0.4 is 0 Å². The van der Waals surface area contributed by atoms with Gasteiger partial charge in [0.25, 0.3) is 5.91 Å². The summed E-state index contributed by atoms with van der Waals surface area (Å²) in [7, 11) is 1.78. The molecule has 2 aliphatic rings. The molecule has 0 aliphatic carbocycles. The Bertz CT molecular complexity index is 547. The third-order valence-corrected chi connectivity index (χ3v) is 4.54. The second-order valence-corrected chi connectivity index (χ2v) is 5.67. The fraction of sp³-hybridized carbons (Fsp3) is 0.667. The molecule has 8 heteroatoms. The van der Waals surface area contributed by atoms with Gasteiger partial charge in [-0.2, -0.15) is 8.75 Å². The quantitative estimate of drug-likeness (QED) is 0.724. The van der Waals surface area contributed by atoms with Crippen LogP contribution >= 0.6 is 11.7 Å². The maximum Gasteiger partial charge on any atom is 0.275 e. The van der Waals surface area contributed by atoms with E-state index in [4.69, 9.17) is 4.74 Å². The van der Waals surface area contributed by atoms with Crippen LogP contribution in [0.15, 0.2) is 0 Å². The molecule has 2 saturated heterocycles. The lowest BCUT2D eigenvalue weighted by molar-refractivity contribution is -0.131. The van der Waals surface area contributed by atoms with Crippen molar-refractivity contribution >= 4 is 23.5 Å². The lowest BCUT2D eigenvalue weighted by atomic mass is 10.2. The largest absolute Gasteiger partial charge is 0.374 e. The van der Waals surface area contributed by atoms with E-state index in [-0.39, 0.29) is 24.0 Å². The van der Waals surface area contributed by atoms with E-state index in [1.54, 1.807) is 23.8 Å². The van der Waals surface area contributed by atoms with Crippen LogP contribution in [-0.2, 0) is 9.53 Å². The third kappa shape index (κ3) is 2.18. The van der Waals surface area contributed by atoms with Crippen molar-refractivity contribution in [1.29, 1.82) is 0 Å². The van der Waals surface area contributed by atoms with Gasteiger partial charge < -0.3 is 14.5 Å². The molecule has 2 fully saturated rings. The van der Waals surface area contributed by atoms with Gasteiger partial charge in [-0.25, -0.2) is 0 Å². The number of likely N-dealkylation sites (N-methyl/N-ethyl adjacent to an activating group) is 1. The number of hydrogen-bond donors (Lipinski definition) is 0. The van der Waals surface area contributed by atoms with E-state index < -0.39 is 0 Å². The van der Waals surface area contributed by atoms with E-state index in [0.717, 1.165) is 11.7 Å². The van der Waals surface area contributed by atoms with Crippen molar-refractivity contribution in [2.75, 3.05) is 26.7 Å². The van der Waals surface area contributed by atoms with E-state index in [1.165, 1.54) is 0 Å². The summed E-state index contributed by atoms with van der Waals surface area (Å²) < 4.78 is 13.8. The van der Waals surface area contributed by atoms with Crippen LogP contribution in [0.4, 0.5) is 0 Å². The summed E-state index contributed by atoms with van der Waals surface area (Å²) in [6.45, 7) is 3.18. The number of ether oxygens (including phenoxy) is 1. The standard InChI is InChI=1S/C12H16N4O3S/c1-7-11(14-20-13-7)12(18)16-5-8-9(6-16)19-4-3-10(17)15(8)2/h8-9H,3-6H2,1-2H3/t8-,9-/m0/s1. The zero-order valence-corrected chi connectivity index (χ0v) is 12.2. The van der Waals surface area contributed by atoms with Crippen LogP contribution in [0.2, 0.25) is 0 Å². The molecule has 1 aromatic rings. The van der Waals surface area contributed by atoms with Crippen molar-refractivity contribution in [1.82, 2.24) is 18.5 Å². The zero-order valence-electron chi connectivity index (χ0n) is 11.4. The van der Waals surface area contributed by atoms with E-state index >= 15 is 0 Å². The molecule has 7 nitrogen and oxygen atoms in total. The summed E-state index contributed by atoms with van der Waals surface area (Å²) >= 11 is 1.04. The monoisotopic (exact) mass is 296 g/mol. The molecule has 1 aromatic heterocycles. The molecule has 3 rings (SSSR count). The summed E-state index contributed by atoms with van der Waals surface area (Å²) in [5.41, 5.74) is 1.05. The molecule has 2 amide bonds. The number of rotatable bonds is 1. The van der Waals surface area contributed by atoms with Crippen LogP contribution in [0.1, 0.15) is 22.6 Å². The van der Waals surface area contributed by atoms with Crippen LogP contribution in [0, 0.1) is 6.92 Å². The Balaban J connectivity index is 1.78. The Labute approximate surface area is 120 Å². The number of hydrogen-bond acceptors (Lipinski definition) is 6. The molecule has 0 N–H and O–H groups in total. The van der Waals surface area contributed by atoms with Crippen molar-refractivity contribution in [3.05, 3.63) is 11.4 Å². The number of carbonyl (C=O) groups excluding carboxylic acids is 2. The van der Waals surface area contributed by atoms with E-state index in [9.17, 15) is 9.59 Å². The van der Waals surface area contributed by atoms with Crippen LogP contribution in [0.25, 0.3) is 0 Å². The van der Waals surface area contributed by atoms with E-state index in [0.29, 0.717) is 37.5 Å². The van der Waals surface area contributed by atoms with Crippen molar-refractivity contribution in [3.8, 4) is 0 Å². The van der Waals surface area contributed by atoms with Crippen molar-refractivity contribution in [3.63, 3.8) is 0 Å². The van der Waals surface area contributed by atoms with Gasteiger partial charge in [0.2, 0.25) is 5.91 Å². The molecule has 3 heterocycles. The average Bonchev–Trinajstić information content (AvgIpc) is 3.01. The molecular formula is C12H16N4O3S. The van der Waals surface area contributed by atoms with Gasteiger partial charge in [-0.05, 0) is 6.92 Å². The molecule has 0 saturated carbocycles. The van der Waals surface area contributed by atoms with E-state index in [2.05, 4.69) is 8.75 Å². The number of fused-ring (bicyclic) bond motifs is 1. The Hall–Kier alpha value is -1.54. The molecule has 2 aliphatic heterocycles. The maximum atomic E-state index is 12.4. The molecule has 2 atom stereocenters. The van der Waals surface area contributed by atoms with Crippen molar-refractivity contribution in [2.45, 2.75) is 25.5 Å². The lowest BCUT2D eigenvalue weighted by Crippen LogP contribution is -2.43. The minimum absolute atomic E-state index is 0.0679. The second-order valence-electron chi connectivity index (χ2n) is 5.14. The molecule has 108 valence electrons. The fourth-order valence-corrected chi connectivity index (χ4v) is 3.23. The Morgan fingerprint density at radius 2 is 2.20 bits per heavy atom. The fourth-order valence-electron chi connectivity index (χ4n) is 2.69. The number of amides is 2. The predicted octanol–water partition coefficient (Wildman–Crippen LogP) is -0.0818. The molecule has 0 spiro atoms. The summed E-state index contributed by atoms with van der Waals surface area (Å²) in [5, 5.41) is 0. The minimum atomic E-state index is -0.131. The zero-order chi connectivity index (χ0) is 14.3. The average molecular weight is 296 g/mol. The number of aryl methyl sites for hydroxylation is 1. The molecular weight excluding hydrogens is 280 g/mol. The highest BCUT2D eigenvalue weighted by atomic mass is 32.1. The number of nitrogens with zero attached hydrogens (tertiary/aromatic N) is 4. The van der Waals surface area contributed by atoms with Gasteiger partial charge >= 0.3 is 0 Å². The highest BCUT2D eigenvalue weighted by Crippen LogP contribution is 2.23. The normalized spacial score (nSPS) is 26.6. The first kappa shape index (κ1) is 13.4. The van der Waals surface area contributed by atoms with Gasteiger partial charge in [0.05, 0.1) is 42.6 Å². The summed E-state index contributed by atoms with van der Waals surface area (Å²) in [4.78, 5) is 27.7. The SMILES string of the molecule is Cc1nsnc1C(=O)N1C[C@@H]2OCCC(=O)N(C)[C@H]2C1. The molecule has 0 bridgehead atoms. The summed E-state index contributed by atoms with van der Waals surface area (Å²) in [6.07, 6.45) is 0.300. The second kappa shape index (κ2) is 5.10. The lowest BCUT2D eigenvalue weighted by Gasteiger charge is -2.24. The number of aromatic nitrogens is 2. The predicted molar refractivity (Wildman–Crippen MR) is 71.5 cm³/mol. The molecule has 0 aromatic carbocycles. The smallest absolute Gasteiger partial charge is 0.275 e. The Morgan fingerprint density at radius 3 is 2.90 bits per heavy atom. The van der Waals surface area contributed by atoms with E-state index in [1.807, 2.05) is 0 Å². The van der Waals surface area contributed by atoms with Gasteiger partial charge in [-0.15, -0.1) is 0 Å². The first-order valence-electron chi connectivity index (χ1n) is 6.53.